The average Bonchev–Trinajstić information content (AvgIpc) is 2.96. The molecule has 1 aliphatic heterocycles. The summed E-state index contributed by atoms with van der Waals surface area (Å²) in [4.78, 5) is 0. The van der Waals surface area contributed by atoms with E-state index < -0.39 is 58.8 Å². The summed E-state index contributed by atoms with van der Waals surface area (Å²) in [6.07, 6.45) is -1.04. The van der Waals surface area contributed by atoms with Crippen LogP contribution < -0.4 is 9.47 Å². The lowest BCUT2D eigenvalue weighted by Crippen LogP contribution is -2.27. The Morgan fingerprint density at radius 2 is 1.52 bits per heavy atom. The second-order valence-corrected chi connectivity index (χ2v) is 10.4. The summed E-state index contributed by atoms with van der Waals surface area (Å²) in [5, 5.41) is 0. The predicted octanol–water partition coefficient (Wildman–Crippen LogP) is 10.2. The quantitative estimate of drug-likeness (QED) is 0.107. The highest BCUT2D eigenvalue weighted by molar-refractivity contribution is 5.65. The average molecular weight is 631 g/mol. The Morgan fingerprint density at radius 1 is 0.841 bits per heavy atom. The highest BCUT2D eigenvalue weighted by Crippen LogP contribution is 2.38. The van der Waals surface area contributed by atoms with Gasteiger partial charge in [0.2, 0.25) is 0 Å². The monoisotopic (exact) mass is 630 g/mol. The van der Waals surface area contributed by atoms with Gasteiger partial charge in [0.15, 0.2) is 29.9 Å². The topological polar surface area (TPSA) is 36.9 Å². The van der Waals surface area contributed by atoms with Gasteiger partial charge in [0, 0.05) is 29.2 Å². The fraction of sp³-hybridized carbons (Fsp3) is 0.375. The van der Waals surface area contributed by atoms with E-state index in [0.29, 0.717) is 30.9 Å². The molecule has 0 aromatic heterocycles. The van der Waals surface area contributed by atoms with Crippen molar-refractivity contribution in [3.05, 3.63) is 95.3 Å². The van der Waals surface area contributed by atoms with Gasteiger partial charge in [-0.25, -0.2) is 17.6 Å². The van der Waals surface area contributed by atoms with Gasteiger partial charge in [-0.1, -0.05) is 57.2 Å². The van der Waals surface area contributed by atoms with Crippen LogP contribution in [0.4, 0.5) is 35.1 Å². The number of alkyl halides is 2. The zero-order valence-electron chi connectivity index (χ0n) is 23.7. The second kappa shape index (κ2) is 14.9. The number of ether oxygens (including phenoxy) is 4. The molecule has 238 valence electrons. The minimum absolute atomic E-state index is 0.0635. The van der Waals surface area contributed by atoms with Gasteiger partial charge in [-0.15, -0.1) is 0 Å². The third-order valence-electron chi connectivity index (χ3n) is 7.03. The van der Waals surface area contributed by atoms with E-state index in [0.717, 1.165) is 25.3 Å². The molecule has 0 saturated carbocycles. The molecule has 44 heavy (non-hydrogen) atoms. The van der Waals surface area contributed by atoms with E-state index in [4.69, 9.17) is 9.47 Å². The van der Waals surface area contributed by atoms with Crippen molar-refractivity contribution in [3.8, 4) is 22.6 Å². The molecule has 1 fully saturated rings. The van der Waals surface area contributed by atoms with E-state index >= 15 is 4.39 Å². The highest BCUT2D eigenvalue weighted by Gasteiger charge is 2.38. The molecule has 0 radical (unpaired) electrons. The fourth-order valence-electron chi connectivity index (χ4n) is 4.78. The van der Waals surface area contributed by atoms with Crippen LogP contribution in [0.2, 0.25) is 0 Å². The first-order valence-corrected chi connectivity index (χ1v) is 14.0. The maximum Gasteiger partial charge on any atom is 0.429 e. The van der Waals surface area contributed by atoms with Gasteiger partial charge >= 0.3 is 12.2 Å². The summed E-state index contributed by atoms with van der Waals surface area (Å²) in [6.45, 7) is 3.10. The number of unbranched alkanes of at least 4 members (excludes halogenated alkanes) is 4. The standard InChI is InChI=1S/C32H30F8O4/c1-2-3-4-5-6-7-19-16-42-31(43-17-19)21-8-10-23(25(33)13-21)20-9-11-24(26(34)12-20)32(39,40)44-22-14-27(35)30(28(36)15-22)41-18-29(37)38/h8-15,18-19,31H,2-7,16-17H2,1H3. The Morgan fingerprint density at radius 3 is 2.14 bits per heavy atom. The Hall–Kier alpha value is -3.64. The third-order valence-corrected chi connectivity index (χ3v) is 7.03. The molecule has 3 aromatic rings. The first kappa shape index (κ1) is 33.3. The Bertz CT molecular complexity index is 1430. The second-order valence-electron chi connectivity index (χ2n) is 10.4. The van der Waals surface area contributed by atoms with Crippen molar-refractivity contribution in [2.45, 2.75) is 57.8 Å². The Kier molecular flexibility index (Phi) is 11.3. The zero-order valence-corrected chi connectivity index (χ0v) is 23.7. The molecular formula is C32H30F8O4. The molecule has 1 aliphatic rings. The predicted molar refractivity (Wildman–Crippen MR) is 145 cm³/mol. The Labute approximate surface area is 249 Å². The molecule has 3 aromatic carbocycles. The molecule has 4 rings (SSSR count). The van der Waals surface area contributed by atoms with Crippen LogP contribution in [0.1, 0.15) is 62.9 Å². The minimum Gasteiger partial charge on any atom is -0.453 e. The van der Waals surface area contributed by atoms with Crippen molar-refractivity contribution in [1.29, 1.82) is 0 Å². The van der Waals surface area contributed by atoms with Crippen molar-refractivity contribution in [2.75, 3.05) is 13.2 Å². The van der Waals surface area contributed by atoms with E-state index in [-0.39, 0.29) is 35.4 Å². The molecular weight excluding hydrogens is 600 g/mol. The highest BCUT2D eigenvalue weighted by atomic mass is 19.3. The SMILES string of the molecule is CCCCCCCC1COC(c2ccc(-c3ccc(C(F)(F)Oc4cc(F)c(OC=C(F)F)c(F)c4)c(F)c3)c(F)c2)OC1. The molecule has 12 heteroatoms. The first-order valence-electron chi connectivity index (χ1n) is 14.0. The molecule has 0 atom stereocenters. The van der Waals surface area contributed by atoms with E-state index in [9.17, 15) is 30.7 Å². The van der Waals surface area contributed by atoms with Crippen LogP contribution in [-0.4, -0.2) is 13.2 Å². The summed E-state index contributed by atoms with van der Waals surface area (Å²) in [6, 6.07) is 6.91. The molecule has 1 heterocycles. The molecule has 0 N–H and O–H groups in total. The van der Waals surface area contributed by atoms with Gasteiger partial charge in [0.05, 0.1) is 18.8 Å². The van der Waals surface area contributed by atoms with Crippen molar-refractivity contribution in [2.24, 2.45) is 5.92 Å². The van der Waals surface area contributed by atoms with Crippen LogP contribution in [0.3, 0.4) is 0 Å². The van der Waals surface area contributed by atoms with Crippen LogP contribution in [0, 0.1) is 29.2 Å². The van der Waals surface area contributed by atoms with E-state index in [2.05, 4.69) is 16.4 Å². The first-order chi connectivity index (χ1) is 21.0. The lowest BCUT2D eigenvalue weighted by atomic mass is 9.99. The van der Waals surface area contributed by atoms with E-state index in [1.807, 2.05) is 0 Å². The molecule has 0 aliphatic carbocycles. The van der Waals surface area contributed by atoms with E-state index in [1.165, 1.54) is 37.5 Å². The molecule has 0 unspecified atom stereocenters. The molecule has 0 bridgehead atoms. The van der Waals surface area contributed by atoms with Gasteiger partial charge in [0.25, 0.3) is 0 Å². The van der Waals surface area contributed by atoms with Crippen molar-refractivity contribution < 1.29 is 54.1 Å². The van der Waals surface area contributed by atoms with E-state index in [1.54, 1.807) is 0 Å². The summed E-state index contributed by atoms with van der Waals surface area (Å²) in [5.74, 6) is -7.59. The van der Waals surface area contributed by atoms with Crippen LogP contribution >= 0.6 is 0 Å². The van der Waals surface area contributed by atoms with Crippen LogP contribution in [0.15, 0.2) is 60.9 Å². The smallest absolute Gasteiger partial charge is 0.429 e. The van der Waals surface area contributed by atoms with Crippen molar-refractivity contribution >= 4 is 0 Å². The maximum atomic E-state index is 15.1. The largest absolute Gasteiger partial charge is 0.453 e. The maximum absolute atomic E-state index is 15.1. The minimum atomic E-state index is -4.43. The number of rotatable bonds is 13. The summed E-state index contributed by atoms with van der Waals surface area (Å²) < 4.78 is 132. The lowest BCUT2D eigenvalue weighted by molar-refractivity contribution is -0.206. The molecule has 0 amide bonds. The normalized spacial score (nSPS) is 16.9. The summed E-state index contributed by atoms with van der Waals surface area (Å²) in [7, 11) is 0. The molecule has 1 saturated heterocycles. The van der Waals surface area contributed by atoms with Crippen LogP contribution in [-0.2, 0) is 15.6 Å². The van der Waals surface area contributed by atoms with Crippen LogP contribution in [0.25, 0.3) is 11.1 Å². The number of hydrogen-bond acceptors (Lipinski definition) is 4. The van der Waals surface area contributed by atoms with Crippen molar-refractivity contribution in [3.63, 3.8) is 0 Å². The summed E-state index contributed by atoms with van der Waals surface area (Å²) >= 11 is 0. The van der Waals surface area contributed by atoms with Gasteiger partial charge < -0.3 is 18.9 Å². The zero-order chi connectivity index (χ0) is 31.9. The lowest BCUT2D eigenvalue weighted by Gasteiger charge is -2.29. The molecule has 0 spiro atoms. The van der Waals surface area contributed by atoms with Crippen LogP contribution in [0.5, 0.6) is 11.5 Å². The van der Waals surface area contributed by atoms with Crippen molar-refractivity contribution in [1.82, 2.24) is 0 Å². The number of hydrogen-bond donors (Lipinski definition) is 0. The number of halogens is 8. The van der Waals surface area contributed by atoms with Gasteiger partial charge in [-0.3, -0.25) is 0 Å². The summed E-state index contributed by atoms with van der Waals surface area (Å²) in [5.41, 5.74) is -1.04. The fourth-order valence-corrected chi connectivity index (χ4v) is 4.78. The van der Waals surface area contributed by atoms with Gasteiger partial charge in [-0.2, -0.15) is 17.6 Å². The number of benzene rings is 3. The van der Waals surface area contributed by atoms with Gasteiger partial charge in [0.1, 0.15) is 17.4 Å². The molecule has 4 nitrogen and oxygen atoms in total. The Balaban J connectivity index is 1.41. The van der Waals surface area contributed by atoms with Gasteiger partial charge in [-0.05, 0) is 30.2 Å². The third kappa shape index (κ3) is 8.50.